The molecule has 0 bridgehead atoms. The molecule has 2 nitrogen and oxygen atoms in total. The molecule has 70 valence electrons. The van der Waals surface area contributed by atoms with Gasteiger partial charge in [0.15, 0.2) is 0 Å². The lowest BCUT2D eigenvalue weighted by Gasteiger charge is -2.01. The standard InChI is InChI=1S/C9H10BrNOS/c1-5-7(4-13-8(5)10)9(12)11-6-2-3-6/h4,6H,2-3H2,1H3,(H,11,12). The lowest BCUT2D eigenvalue weighted by atomic mass is 10.2. The molecule has 1 fully saturated rings. The van der Waals surface area contributed by atoms with Crippen molar-refractivity contribution in [3.8, 4) is 0 Å². The van der Waals surface area contributed by atoms with Crippen LogP contribution in [0.3, 0.4) is 0 Å². The summed E-state index contributed by atoms with van der Waals surface area (Å²) in [6.07, 6.45) is 2.27. The highest BCUT2D eigenvalue weighted by Gasteiger charge is 2.25. The maximum Gasteiger partial charge on any atom is 0.252 e. The number of thiophene rings is 1. The Labute approximate surface area is 89.5 Å². The van der Waals surface area contributed by atoms with Crippen LogP contribution in [-0.4, -0.2) is 11.9 Å². The molecule has 0 unspecified atom stereocenters. The van der Waals surface area contributed by atoms with Gasteiger partial charge in [0.05, 0.1) is 9.35 Å². The average molecular weight is 260 g/mol. The predicted octanol–water partition coefficient (Wildman–Crippen LogP) is 2.71. The molecule has 1 saturated carbocycles. The van der Waals surface area contributed by atoms with E-state index in [2.05, 4.69) is 21.2 Å². The highest BCUT2D eigenvalue weighted by molar-refractivity contribution is 9.11. The van der Waals surface area contributed by atoms with E-state index in [0.29, 0.717) is 6.04 Å². The van der Waals surface area contributed by atoms with E-state index in [-0.39, 0.29) is 5.91 Å². The quantitative estimate of drug-likeness (QED) is 0.870. The highest BCUT2D eigenvalue weighted by Crippen LogP contribution is 2.28. The first kappa shape index (κ1) is 9.21. The van der Waals surface area contributed by atoms with E-state index in [9.17, 15) is 4.79 Å². The van der Waals surface area contributed by atoms with Gasteiger partial charge in [-0.25, -0.2) is 0 Å². The third kappa shape index (κ3) is 1.94. The minimum Gasteiger partial charge on any atom is -0.349 e. The van der Waals surface area contributed by atoms with Crippen LogP contribution in [0, 0.1) is 6.92 Å². The zero-order chi connectivity index (χ0) is 9.42. The Morgan fingerprint density at radius 2 is 2.38 bits per heavy atom. The third-order valence-corrected chi connectivity index (χ3v) is 4.16. The largest absolute Gasteiger partial charge is 0.349 e. The molecule has 1 amide bonds. The summed E-state index contributed by atoms with van der Waals surface area (Å²) in [7, 11) is 0. The second-order valence-corrected chi connectivity index (χ2v) is 5.49. The zero-order valence-corrected chi connectivity index (χ0v) is 9.67. The van der Waals surface area contributed by atoms with Crippen molar-refractivity contribution in [2.75, 3.05) is 0 Å². The van der Waals surface area contributed by atoms with Gasteiger partial charge in [0.25, 0.3) is 5.91 Å². The van der Waals surface area contributed by atoms with E-state index < -0.39 is 0 Å². The lowest BCUT2D eigenvalue weighted by molar-refractivity contribution is 0.0951. The molecule has 0 radical (unpaired) electrons. The van der Waals surface area contributed by atoms with Gasteiger partial charge < -0.3 is 5.32 Å². The normalized spacial score (nSPS) is 15.8. The first-order chi connectivity index (χ1) is 6.18. The summed E-state index contributed by atoms with van der Waals surface area (Å²) in [5.41, 5.74) is 1.85. The van der Waals surface area contributed by atoms with Crippen molar-refractivity contribution >= 4 is 33.2 Å². The van der Waals surface area contributed by atoms with Crippen LogP contribution in [-0.2, 0) is 0 Å². The van der Waals surface area contributed by atoms with Gasteiger partial charge >= 0.3 is 0 Å². The number of halogens is 1. The van der Waals surface area contributed by atoms with Crippen LogP contribution in [0.15, 0.2) is 9.17 Å². The minimum atomic E-state index is 0.0713. The lowest BCUT2D eigenvalue weighted by Crippen LogP contribution is -2.25. The predicted molar refractivity (Wildman–Crippen MR) is 57.2 cm³/mol. The van der Waals surface area contributed by atoms with Crippen molar-refractivity contribution in [1.29, 1.82) is 0 Å². The first-order valence-electron chi connectivity index (χ1n) is 4.23. The summed E-state index contributed by atoms with van der Waals surface area (Å²) in [4.78, 5) is 11.6. The number of amides is 1. The molecule has 4 heteroatoms. The molecule has 0 atom stereocenters. The van der Waals surface area contributed by atoms with Crippen LogP contribution < -0.4 is 5.32 Å². The highest BCUT2D eigenvalue weighted by atomic mass is 79.9. The van der Waals surface area contributed by atoms with Gasteiger partial charge in [0, 0.05) is 11.4 Å². The van der Waals surface area contributed by atoms with E-state index >= 15 is 0 Å². The molecule has 1 aliphatic rings. The second kappa shape index (κ2) is 3.42. The number of hydrogen-bond acceptors (Lipinski definition) is 2. The summed E-state index contributed by atoms with van der Waals surface area (Å²) in [5.74, 6) is 0.0713. The maximum atomic E-state index is 11.6. The number of carbonyl (C=O) groups is 1. The first-order valence-corrected chi connectivity index (χ1v) is 5.90. The van der Waals surface area contributed by atoms with Crippen LogP contribution in [0.1, 0.15) is 28.8 Å². The molecule has 0 aliphatic heterocycles. The van der Waals surface area contributed by atoms with E-state index in [0.717, 1.165) is 27.8 Å². The third-order valence-electron chi connectivity index (χ3n) is 2.14. The topological polar surface area (TPSA) is 29.1 Å². The summed E-state index contributed by atoms with van der Waals surface area (Å²) in [6.45, 7) is 1.96. The molecule has 0 spiro atoms. The van der Waals surface area contributed by atoms with Crippen molar-refractivity contribution in [3.63, 3.8) is 0 Å². The van der Waals surface area contributed by atoms with Gasteiger partial charge in [-0.3, -0.25) is 4.79 Å². The summed E-state index contributed by atoms with van der Waals surface area (Å²) < 4.78 is 1.05. The van der Waals surface area contributed by atoms with Gasteiger partial charge in [0.1, 0.15) is 0 Å². The Morgan fingerprint density at radius 1 is 1.69 bits per heavy atom. The van der Waals surface area contributed by atoms with Crippen LogP contribution in [0.2, 0.25) is 0 Å². The number of rotatable bonds is 2. The fourth-order valence-corrected chi connectivity index (χ4v) is 2.39. The van der Waals surface area contributed by atoms with Crippen molar-refractivity contribution in [3.05, 3.63) is 20.3 Å². The molecule has 2 rings (SSSR count). The van der Waals surface area contributed by atoms with E-state index in [1.807, 2.05) is 12.3 Å². The Balaban J connectivity index is 2.14. The number of hydrogen-bond donors (Lipinski definition) is 1. The zero-order valence-electron chi connectivity index (χ0n) is 7.26. The van der Waals surface area contributed by atoms with Crippen LogP contribution >= 0.6 is 27.3 Å². The molecule has 1 aromatic rings. The Hall–Kier alpha value is -0.350. The summed E-state index contributed by atoms with van der Waals surface area (Å²) in [6, 6.07) is 0.436. The second-order valence-electron chi connectivity index (χ2n) is 3.30. The van der Waals surface area contributed by atoms with Gasteiger partial charge in [-0.1, -0.05) is 0 Å². The van der Waals surface area contributed by atoms with Crippen molar-refractivity contribution in [2.24, 2.45) is 0 Å². The van der Waals surface area contributed by atoms with Gasteiger partial charge in [-0.05, 0) is 41.3 Å². The maximum absolute atomic E-state index is 11.6. The van der Waals surface area contributed by atoms with Crippen LogP contribution in [0.4, 0.5) is 0 Å². The van der Waals surface area contributed by atoms with Gasteiger partial charge in [-0.15, -0.1) is 11.3 Å². The van der Waals surface area contributed by atoms with E-state index in [1.54, 1.807) is 11.3 Å². The van der Waals surface area contributed by atoms with Crippen LogP contribution in [0.5, 0.6) is 0 Å². The Kier molecular flexibility index (Phi) is 2.43. The molecule has 0 saturated heterocycles. The van der Waals surface area contributed by atoms with E-state index in [4.69, 9.17) is 0 Å². The Bertz CT molecular complexity index is 343. The molecule has 1 aromatic heterocycles. The van der Waals surface area contributed by atoms with Gasteiger partial charge in [-0.2, -0.15) is 0 Å². The van der Waals surface area contributed by atoms with Crippen molar-refractivity contribution in [2.45, 2.75) is 25.8 Å². The summed E-state index contributed by atoms with van der Waals surface area (Å²) >= 11 is 4.97. The van der Waals surface area contributed by atoms with Crippen molar-refractivity contribution in [1.82, 2.24) is 5.32 Å². The smallest absolute Gasteiger partial charge is 0.252 e. The monoisotopic (exact) mass is 259 g/mol. The average Bonchev–Trinajstić information content (AvgIpc) is 2.82. The molecule has 1 aliphatic carbocycles. The molecular weight excluding hydrogens is 250 g/mol. The number of nitrogens with one attached hydrogen (secondary N) is 1. The summed E-state index contributed by atoms with van der Waals surface area (Å²) in [5, 5.41) is 4.87. The SMILES string of the molecule is Cc1c(C(=O)NC2CC2)csc1Br. The molecule has 0 aromatic carbocycles. The minimum absolute atomic E-state index is 0.0713. The van der Waals surface area contributed by atoms with Crippen molar-refractivity contribution < 1.29 is 4.79 Å². The van der Waals surface area contributed by atoms with Gasteiger partial charge in [0.2, 0.25) is 0 Å². The fourth-order valence-electron chi connectivity index (χ4n) is 1.11. The van der Waals surface area contributed by atoms with E-state index in [1.165, 1.54) is 0 Å². The molecular formula is C9H10BrNOS. The van der Waals surface area contributed by atoms with Crippen LogP contribution in [0.25, 0.3) is 0 Å². The fraction of sp³-hybridized carbons (Fsp3) is 0.444. The molecule has 13 heavy (non-hydrogen) atoms. The number of carbonyl (C=O) groups excluding carboxylic acids is 1. The molecule has 1 N–H and O–H groups in total. The Morgan fingerprint density at radius 3 is 2.85 bits per heavy atom. The molecule has 1 heterocycles.